The summed E-state index contributed by atoms with van der Waals surface area (Å²) < 4.78 is 5.64. The Bertz CT molecular complexity index is 494. The van der Waals surface area contributed by atoms with Gasteiger partial charge >= 0.3 is 113 Å². The van der Waals surface area contributed by atoms with Crippen molar-refractivity contribution in [2.45, 2.75) is 20.0 Å². The molecular formula is C15H19O3P. The third-order valence-electron chi connectivity index (χ3n) is 2.85. The topological polar surface area (TPSA) is 49.7 Å². The van der Waals surface area contributed by atoms with E-state index in [0.29, 0.717) is 10.6 Å². The molecule has 19 heavy (non-hydrogen) atoms. The van der Waals surface area contributed by atoms with Crippen molar-refractivity contribution < 1.29 is 14.3 Å². The second kappa shape index (κ2) is 5.03. The summed E-state index contributed by atoms with van der Waals surface area (Å²) in [5.74, 6) is 0. The van der Waals surface area contributed by atoms with Gasteiger partial charge in [-0.1, -0.05) is 0 Å². The molecule has 2 N–H and O–H groups in total. The summed E-state index contributed by atoms with van der Waals surface area (Å²) in [6.45, 7) is 3.58. The molecule has 0 aliphatic carbocycles. The Labute approximate surface area is 113 Å². The number of hydrogen-bond donors (Lipinski definition) is 2. The van der Waals surface area contributed by atoms with Gasteiger partial charge in [-0.2, -0.15) is 0 Å². The van der Waals surface area contributed by atoms with Crippen molar-refractivity contribution in [2.24, 2.45) is 0 Å². The summed E-state index contributed by atoms with van der Waals surface area (Å²) in [6, 6.07) is 17.5. The van der Waals surface area contributed by atoms with Crippen LogP contribution in [0, 0.1) is 0 Å². The van der Waals surface area contributed by atoms with Crippen molar-refractivity contribution in [3.05, 3.63) is 60.7 Å². The minimum atomic E-state index is -4.55. The van der Waals surface area contributed by atoms with Gasteiger partial charge in [0.1, 0.15) is 0 Å². The van der Waals surface area contributed by atoms with Crippen molar-refractivity contribution in [1.82, 2.24) is 0 Å². The minimum absolute atomic E-state index is 0.298. The van der Waals surface area contributed by atoms with Crippen LogP contribution in [0.1, 0.15) is 13.8 Å². The Balaban J connectivity index is 2.64. The number of benzene rings is 2. The van der Waals surface area contributed by atoms with Crippen LogP contribution in [0.2, 0.25) is 0 Å². The van der Waals surface area contributed by atoms with Crippen molar-refractivity contribution >= 4 is 17.9 Å². The van der Waals surface area contributed by atoms with E-state index in [9.17, 15) is 9.79 Å². The van der Waals surface area contributed by atoms with Gasteiger partial charge < -0.3 is 0 Å². The van der Waals surface area contributed by atoms with Crippen LogP contribution in [-0.4, -0.2) is 15.9 Å². The second-order valence-corrected chi connectivity index (χ2v) is 7.91. The van der Waals surface area contributed by atoms with Gasteiger partial charge in [0.05, 0.1) is 0 Å². The van der Waals surface area contributed by atoms with E-state index in [1.54, 1.807) is 62.4 Å². The predicted octanol–water partition coefficient (Wildman–Crippen LogP) is 2.35. The Hall–Kier alpha value is -1.25. The SMILES string of the molecule is CC(C)OP(O)(O)(c1ccccc1)c1ccccc1. The maximum absolute atomic E-state index is 11.1. The zero-order valence-electron chi connectivity index (χ0n) is 11.1. The fourth-order valence-corrected chi connectivity index (χ4v) is 4.82. The van der Waals surface area contributed by atoms with E-state index in [-0.39, 0.29) is 6.10 Å². The molecule has 0 amide bonds. The first-order valence-electron chi connectivity index (χ1n) is 6.24. The van der Waals surface area contributed by atoms with Crippen LogP contribution < -0.4 is 10.6 Å². The molecule has 0 fully saturated rings. The molecule has 2 aromatic rings. The zero-order valence-corrected chi connectivity index (χ0v) is 12.0. The van der Waals surface area contributed by atoms with Gasteiger partial charge in [0.15, 0.2) is 0 Å². The fourth-order valence-electron chi connectivity index (χ4n) is 2.06. The van der Waals surface area contributed by atoms with Crippen LogP contribution in [0.4, 0.5) is 0 Å². The average Bonchev–Trinajstić information content (AvgIpc) is 2.40. The molecule has 0 saturated heterocycles. The monoisotopic (exact) mass is 278 g/mol. The molecule has 0 aromatic heterocycles. The van der Waals surface area contributed by atoms with Gasteiger partial charge in [0.2, 0.25) is 0 Å². The van der Waals surface area contributed by atoms with Gasteiger partial charge in [0, 0.05) is 0 Å². The first-order chi connectivity index (χ1) is 8.92. The van der Waals surface area contributed by atoms with Gasteiger partial charge in [-0.15, -0.1) is 0 Å². The molecule has 0 heterocycles. The summed E-state index contributed by atoms with van der Waals surface area (Å²) in [5.41, 5.74) is 0. The van der Waals surface area contributed by atoms with E-state index in [4.69, 9.17) is 4.52 Å². The average molecular weight is 278 g/mol. The molecule has 0 aliphatic heterocycles. The van der Waals surface area contributed by atoms with Crippen LogP contribution in [0.15, 0.2) is 60.7 Å². The van der Waals surface area contributed by atoms with Gasteiger partial charge in [-0.25, -0.2) is 0 Å². The van der Waals surface area contributed by atoms with Crippen molar-refractivity contribution in [2.75, 3.05) is 0 Å². The summed E-state index contributed by atoms with van der Waals surface area (Å²) in [7, 11) is -4.55. The molecule has 2 rings (SSSR count). The Morgan fingerprint density at radius 1 is 0.789 bits per heavy atom. The quantitative estimate of drug-likeness (QED) is 0.844. The summed E-state index contributed by atoms with van der Waals surface area (Å²) >= 11 is 0. The Morgan fingerprint density at radius 3 is 1.47 bits per heavy atom. The standard InChI is InChI=1S/C15H19O3P/c1-13(2)18-19(16,17,14-9-5-3-6-10-14)15-11-7-4-8-12-15/h3-13,16-17H,1-2H3. The van der Waals surface area contributed by atoms with Crippen LogP contribution in [0.25, 0.3) is 0 Å². The molecule has 0 atom stereocenters. The van der Waals surface area contributed by atoms with E-state index >= 15 is 0 Å². The molecule has 0 unspecified atom stereocenters. The zero-order chi connectivity index (χ0) is 14.0. The van der Waals surface area contributed by atoms with Crippen LogP contribution in [-0.2, 0) is 4.52 Å². The predicted molar refractivity (Wildman–Crippen MR) is 79.7 cm³/mol. The van der Waals surface area contributed by atoms with E-state index in [0.717, 1.165) is 0 Å². The maximum atomic E-state index is 11.1. The molecule has 0 aliphatic rings. The summed E-state index contributed by atoms with van der Waals surface area (Å²) in [6.07, 6.45) is -0.298. The Morgan fingerprint density at radius 2 is 1.16 bits per heavy atom. The van der Waals surface area contributed by atoms with Crippen LogP contribution >= 0.6 is 7.28 Å². The van der Waals surface area contributed by atoms with E-state index in [1.807, 2.05) is 12.1 Å². The number of hydrogen-bond acceptors (Lipinski definition) is 3. The van der Waals surface area contributed by atoms with Crippen LogP contribution in [0.3, 0.4) is 0 Å². The molecule has 0 saturated carbocycles. The molecule has 0 radical (unpaired) electrons. The van der Waals surface area contributed by atoms with Gasteiger partial charge in [-0.3, -0.25) is 0 Å². The third kappa shape index (κ3) is 2.70. The van der Waals surface area contributed by atoms with E-state index in [2.05, 4.69) is 0 Å². The molecule has 4 heteroatoms. The molecular weight excluding hydrogens is 259 g/mol. The first-order valence-corrected chi connectivity index (χ1v) is 8.30. The summed E-state index contributed by atoms with van der Waals surface area (Å²) in [4.78, 5) is 22.1. The van der Waals surface area contributed by atoms with Crippen molar-refractivity contribution in [1.29, 1.82) is 0 Å². The first kappa shape index (κ1) is 14.2. The van der Waals surface area contributed by atoms with Crippen molar-refractivity contribution in [3.63, 3.8) is 0 Å². The fraction of sp³-hybridized carbons (Fsp3) is 0.200. The Kier molecular flexibility index (Phi) is 3.75. The molecule has 102 valence electrons. The van der Waals surface area contributed by atoms with Crippen molar-refractivity contribution in [3.8, 4) is 0 Å². The third-order valence-corrected chi connectivity index (χ3v) is 6.13. The van der Waals surface area contributed by atoms with Crippen LogP contribution in [0.5, 0.6) is 0 Å². The van der Waals surface area contributed by atoms with Gasteiger partial charge in [0.25, 0.3) is 0 Å². The van der Waals surface area contributed by atoms with Gasteiger partial charge in [-0.05, 0) is 0 Å². The number of rotatable bonds is 4. The van der Waals surface area contributed by atoms with E-state index in [1.165, 1.54) is 0 Å². The normalized spacial score (nSPS) is 14.1. The van der Waals surface area contributed by atoms with E-state index < -0.39 is 7.28 Å². The molecule has 3 nitrogen and oxygen atoms in total. The molecule has 2 aromatic carbocycles. The summed E-state index contributed by atoms with van der Waals surface area (Å²) in [5, 5.41) is 0.821. The second-order valence-electron chi connectivity index (χ2n) is 4.77. The molecule has 0 bridgehead atoms. The molecule has 0 spiro atoms.